The van der Waals surface area contributed by atoms with E-state index in [2.05, 4.69) is 15.2 Å². The monoisotopic (exact) mass is 349 g/mol. The van der Waals surface area contributed by atoms with Gasteiger partial charge in [0.25, 0.3) is 5.91 Å². The van der Waals surface area contributed by atoms with Crippen molar-refractivity contribution in [2.75, 3.05) is 13.1 Å². The Morgan fingerprint density at radius 2 is 1.92 bits per heavy atom. The Morgan fingerprint density at radius 3 is 2.60 bits per heavy atom. The maximum atomic E-state index is 13.7. The van der Waals surface area contributed by atoms with Gasteiger partial charge >= 0.3 is 0 Å². The van der Waals surface area contributed by atoms with E-state index >= 15 is 0 Å². The average molecular weight is 349 g/mol. The number of halogens is 3. The summed E-state index contributed by atoms with van der Waals surface area (Å²) in [6, 6.07) is 5.49. The maximum absolute atomic E-state index is 13.7. The van der Waals surface area contributed by atoms with Gasteiger partial charge in [-0.3, -0.25) is 14.7 Å². The number of likely N-dealkylation sites (tertiary alicyclic amines) is 1. The van der Waals surface area contributed by atoms with Gasteiger partial charge in [-0.2, -0.15) is 0 Å². The van der Waals surface area contributed by atoms with Gasteiger partial charge in [0.2, 0.25) is 0 Å². The topological polar surface area (TPSA) is 45.2 Å². The number of rotatable bonds is 4. The molecule has 25 heavy (non-hydrogen) atoms. The molecule has 4 nitrogen and oxygen atoms in total. The molecule has 1 aliphatic rings. The molecule has 1 aromatic heterocycles. The molecule has 0 atom stereocenters. The van der Waals surface area contributed by atoms with Crippen molar-refractivity contribution in [3.8, 4) is 0 Å². The third-order valence-corrected chi connectivity index (χ3v) is 4.33. The van der Waals surface area contributed by atoms with Gasteiger partial charge in [0.1, 0.15) is 0 Å². The summed E-state index contributed by atoms with van der Waals surface area (Å²) in [6.07, 6.45) is 4.96. The zero-order valence-electron chi connectivity index (χ0n) is 13.5. The number of nitrogens with zero attached hydrogens (tertiary/aromatic N) is 2. The van der Waals surface area contributed by atoms with Crippen molar-refractivity contribution in [2.45, 2.75) is 25.4 Å². The fraction of sp³-hybridized carbons (Fsp3) is 0.333. The standard InChI is InChI=1S/C18H18F3N3O/c19-15-4-3-14(16(20)17(15)21)18(25)23-13-5-8-24(9-6-13)11-12-2-1-7-22-10-12/h1-4,7,10,13H,5-6,8-9,11H2,(H,23,25). The van der Waals surface area contributed by atoms with Gasteiger partial charge in [-0.05, 0) is 36.6 Å². The molecule has 1 N–H and O–H groups in total. The van der Waals surface area contributed by atoms with E-state index in [0.717, 1.165) is 37.3 Å². The van der Waals surface area contributed by atoms with Crippen LogP contribution in [0.15, 0.2) is 36.7 Å². The zero-order valence-corrected chi connectivity index (χ0v) is 13.5. The molecule has 1 aliphatic heterocycles. The number of piperidine rings is 1. The Morgan fingerprint density at radius 1 is 1.16 bits per heavy atom. The second-order valence-electron chi connectivity index (χ2n) is 6.11. The highest BCUT2D eigenvalue weighted by atomic mass is 19.2. The van der Waals surface area contributed by atoms with E-state index in [1.165, 1.54) is 0 Å². The molecule has 1 aromatic carbocycles. The van der Waals surface area contributed by atoms with Gasteiger partial charge < -0.3 is 5.32 Å². The number of amides is 1. The molecule has 7 heteroatoms. The van der Waals surface area contributed by atoms with E-state index in [4.69, 9.17) is 0 Å². The van der Waals surface area contributed by atoms with Crippen LogP contribution in [0.2, 0.25) is 0 Å². The molecule has 1 saturated heterocycles. The predicted octanol–water partition coefficient (Wildman–Crippen LogP) is 2.89. The molecule has 1 amide bonds. The number of carbonyl (C=O) groups is 1. The summed E-state index contributed by atoms with van der Waals surface area (Å²) < 4.78 is 39.9. The van der Waals surface area contributed by atoms with Crippen molar-refractivity contribution in [1.29, 1.82) is 0 Å². The van der Waals surface area contributed by atoms with Gasteiger partial charge in [0, 0.05) is 38.1 Å². The van der Waals surface area contributed by atoms with Crippen molar-refractivity contribution in [2.24, 2.45) is 0 Å². The van der Waals surface area contributed by atoms with Gasteiger partial charge in [-0.15, -0.1) is 0 Å². The van der Waals surface area contributed by atoms with Crippen molar-refractivity contribution in [3.63, 3.8) is 0 Å². The Balaban J connectivity index is 1.54. The molecular weight excluding hydrogens is 331 g/mol. The third kappa shape index (κ3) is 4.17. The smallest absolute Gasteiger partial charge is 0.254 e. The zero-order chi connectivity index (χ0) is 17.8. The summed E-state index contributed by atoms with van der Waals surface area (Å²) in [5.74, 6) is -5.11. The number of pyridine rings is 1. The molecule has 3 rings (SSSR count). The summed E-state index contributed by atoms with van der Waals surface area (Å²) in [6.45, 7) is 2.34. The Labute approximate surface area is 143 Å². The lowest BCUT2D eigenvalue weighted by molar-refractivity contribution is 0.0903. The lowest BCUT2D eigenvalue weighted by Crippen LogP contribution is -2.44. The van der Waals surface area contributed by atoms with Crippen LogP contribution in [0.4, 0.5) is 13.2 Å². The minimum atomic E-state index is -1.63. The molecule has 132 valence electrons. The quantitative estimate of drug-likeness (QED) is 0.864. The van der Waals surface area contributed by atoms with Crippen LogP contribution < -0.4 is 5.32 Å². The van der Waals surface area contributed by atoms with Crippen molar-refractivity contribution >= 4 is 5.91 Å². The minimum Gasteiger partial charge on any atom is -0.349 e. The normalized spacial score (nSPS) is 16.0. The molecule has 0 unspecified atom stereocenters. The molecule has 2 heterocycles. The van der Waals surface area contributed by atoms with E-state index in [-0.39, 0.29) is 6.04 Å². The van der Waals surface area contributed by atoms with E-state index in [9.17, 15) is 18.0 Å². The van der Waals surface area contributed by atoms with Crippen molar-refractivity contribution in [3.05, 3.63) is 65.2 Å². The highest BCUT2D eigenvalue weighted by Gasteiger charge is 2.24. The molecule has 0 spiro atoms. The van der Waals surface area contributed by atoms with Crippen LogP contribution in [0.3, 0.4) is 0 Å². The average Bonchev–Trinajstić information content (AvgIpc) is 2.62. The Hall–Kier alpha value is -2.41. The number of nitrogens with one attached hydrogen (secondary N) is 1. The molecular formula is C18H18F3N3O. The highest BCUT2D eigenvalue weighted by molar-refractivity contribution is 5.94. The first-order valence-electron chi connectivity index (χ1n) is 8.10. The third-order valence-electron chi connectivity index (χ3n) is 4.33. The van der Waals surface area contributed by atoms with E-state index < -0.39 is 28.9 Å². The summed E-state index contributed by atoms with van der Waals surface area (Å²) >= 11 is 0. The summed E-state index contributed by atoms with van der Waals surface area (Å²) in [4.78, 5) is 18.4. The summed E-state index contributed by atoms with van der Waals surface area (Å²) in [5.41, 5.74) is 0.644. The van der Waals surface area contributed by atoms with Gasteiger partial charge in [0.15, 0.2) is 17.5 Å². The van der Waals surface area contributed by atoms with Gasteiger partial charge in [0.05, 0.1) is 5.56 Å². The minimum absolute atomic E-state index is 0.120. The number of hydrogen-bond acceptors (Lipinski definition) is 3. The largest absolute Gasteiger partial charge is 0.349 e. The first-order chi connectivity index (χ1) is 12.0. The highest BCUT2D eigenvalue weighted by Crippen LogP contribution is 2.17. The van der Waals surface area contributed by atoms with Crippen LogP contribution in [-0.2, 0) is 6.54 Å². The van der Waals surface area contributed by atoms with Crippen LogP contribution >= 0.6 is 0 Å². The van der Waals surface area contributed by atoms with Crippen LogP contribution in [0.5, 0.6) is 0 Å². The first kappa shape index (κ1) is 17.4. The van der Waals surface area contributed by atoms with Crippen molar-refractivity contribution in [1.82, 2.24) is 15.2 Å². The Kier molecular flexibility index (Phi) is 5.33. The fourth-order valence-electron chi connectivity index (χ4n) is 2.95. The maximum Gasteiger partial charge on any atom is 0.254 e. The number of benzene rings is 1. The first-order valence-corrected chi connectivity index (χ1v) is 8.10. The lowest BCUT2D eigenvalue weighted by Gasteiger charge is -2.32. The van der Waals surface area contributed by atoms with Gasteiger partial charge in [-0.25, -0.2) is 13.2 Å². The molecule has 0 bridgehead atoms. The summed E-state index contributed by atoms with van der Waals surface area (Å²) in [5, 5.41) is 2.70. The van der Waals surface area contributed by atoms with Gasteiger partial charge in [-0.1, -0.05) is 6.07 Å². The summed E-state index contributed by atoms with van der Waals surface area (Å²) in [7, 11) is 0. The second-order valence-corrected chi connectivity index (χ2v) is 6.11. The van der Waals surface area contributed by atoms with Crippen LogP contribution in [0.1, 0.15) is 28.8 Å². The molecule has 1 fully saturated rings. The van der Waals surface area contributed by atoms with Crippen LogP contribution in [0, 0.1) is 17.5 Å². The molecule has 0 radical (unpaired) electrons. The number of aromatic nitrogens is 1. The van der Waals surface area contributed by atoms with E-state index in [1.807, 2.05) is 18.3 Å². The second kappa shape index (κ2) is 7.65. The van der Waals surface area contributed by atoms with Crippen molar-refractivity contribution < 1.29 is 18.0 Å². The molecule has 0 aliphatic carbocycles. The Bertz CT molecular complexity index is 747. The fourth-order valence-corrected chi connectivity index (χ4v) is 2.95. The molecule has 2 aromatic rings. The SMILES string of the molecule is O=C(NC1CCN(Cc2cccnc2)CC1)c1ccc(F)c(F)c1F. The van der Waals surface area contributed by atoms with E-state index in [1.54, 1.807) is 6.20 Å². The van der Waals surface area contributed by atoms with E-state index in [0.29, 0.717) is 12.8 Å². The predicted molar refractivity (Wildman–Crippen MR) is 86.3 cm³/mol. The number of carbonyl (C=O) groups excluding carboxylic acids is 1. The van der Waals surface area contributed by atoms with Crippen LogP contribution in [0.25, 0.3) is 0 Å². The molecule has 0 saturated carbocycles. The number of hydrogen-bond donors (Lipinski definition) is 1. The lowest BCUT2D eigenvalue weighted by atomic mass is 10.0. The van der Waals surface area contributed by atoms with Crippen LogP contribution in [-0.4, -0.2) is 34.9 Å².